The standard InChI is InChI=1S/C18H31N7S2.HI/c1-13(2)12-25-15(23-24-18(25)26-5)7-6-9-20-17(19-4)21-10-8-16-22-11-14(3)27-16;/h11,13H,6-10,12H2,1-5H3,(H2,19,20,21);1H. The highest BCUT2D eigenvalue weighted by molar-refractivity contribution is 14.0. The van der Waals surface area contributed by atoms with Crippen molar-refractivity contribution in [1.29, 1.82) is 0 Å². The lowest BCUT2D eigenvalue weighted by atomic mass is 10.2. The fourth-order valence-corrected chi connectivity index (χ4v) is 3.99. The monoisotopic (exact) mass is 537 g/mol. The minimum Gasteiger partial charge on any atom is -0.356 e. The third kappa shape index (κ3) is 8.24. The Morgan fingerprint density at radius 2 is 2.00 bits per heavy atom. The zero-order valence-electron chi connectivity index (χ0n) is 17.4. The fraction of sp³-hybridized carbons (Fsp3) is 0.667. The molecule has 10 heteroatoms. The molecule has 0 atom stereocenters. The van der Waals surface area contributed by atoms with Gasteiger partial charge in [-0.3, -0.25) is 4.99 Å². The topological polar surface area (TPSA) is 80.0 Å². The number of rotatable bonds is 10. The molecule has 0 bridgehead atoms. The number of aryl methyl sites for hydroxylation is 2. The number of halogens is 1. The maximum atomic E-state index is 4.39. The molecule has 0 aliphatic rings. The predicted octanol–water partition coefficient (Wildman–Crippen LogP) is 3.38. The van der Waals surface area contributed by atoms with E-state index in [2.05, 4.69) is 62.4 Å². The summed E-state index contributed by atoms with van der Waals surface area (Å²) < 4.78 is 2.25. The van der Waals surface area contributed by atoms with Gasteiger partial charge in [0.15, 0.2) is 11.1 Å². The molecule has 158 valence electrons. The first kappa shape index (κ1) is 25.2. The largest absolute Gasteiger partial charge is 0.356 e. The van der Waals surface area contributed by atoms with Crippen LogP contribution in [0.1, 0.15) is 36.0 Å². The molecule has 0 amide bonds. The second kappa shape index (κ2) is 13.4. The van der Waals surface area contributed by atoms with Crippen LogP contribution >= 0.6 is 47.1 Å². The molecular weight excluding hydrogens is 505 g/mol. The number of guanidine groups is 1. The number of nitrogens with zero attached hydrogens (tertiary/aromatic N) is 5. The van der Waals surface area contributed by atoms with Gasteiger partial charge in [-0.1, -0.05) is 25.6 Å². The van der Waals surface area contributed by atoms with Crippen molar-refractivity contribution in [3.8, 4) is 0 Å². The van der Waals surface area contributed by atoms with Crippen LogP contribution in [0.3, 0.4) is 0 Å². The summed E-state index contributed by atoms with van der Waals surface area (Å²) in [6.45, 7) is 9.16. The summed E-state index contributed by atoms with van der Waals surface area (Å²) in [5.41, 5.74) is 0. The van der Waals surface area contributed by atoms with Gasteiger partial charge in [-0.05, 0) is 25.5 Å². The van der Waals surface area contributed by atoms with E-state index in [1.54, 1.807) is 30.1 Å². The van der Waals surface area contributed by atoms with Gasteiger partial charge in [0.1, 0.15) is 5.82 Å². The molecule has 0 aromatic carbocycles. The van der Waals surface area contributed by atoms with Gasteiger partial charge < -0.3 is 15.2 Å². The second-order valence-corrected chi connectivity index (χ2v) is 8.84. The predicted molar refractivity (Wildman–Crippen MR) is 130 cm³/mol. The molecule has 0 spiro atoms. The number of thioether (sulfide) groups is 1. The average molecular weight is 538 g/mol. The molecule has 2 rings (SSSR count). The van der Waals surface area contributed by atoms with Crippen LogP contribution in [-0.2, 0) is 19.4 Å². The van der Waals surface area contributed by atoms with Crippen molar-refractivity contribution in [2.45, 2.75) is 51.7 Å². The number of hydrogen-bond acceptors (Lipinski definition) is 6. The molecule has 0 aliphatic carbocycles. The highest BCUT2D eigenvalue weighted by Gasteiger charge is 2.12. The van der Waals surface area contributed by atoms with Crippen molar-refractivity contribution in [2.75, 3.05) is 26.4 Å². The van der Waals surface area contributed by atoms with Crippen molar-refractivity contribution >= 4 is 53.0 Å². The van der Waals surface area contributed by atoms with Crippen LogP contribution in [0.25, 0.3) is 0 Å². The van der Waals surface area contributed by atoms with Crippen LogP contribution in [0, 0.1) is 12.8 Å². The van der Waals surface area contributed by atoms with Crippen molar-refractivity contribution in [1.82, 2.24) is 30.4 Å². The van der Waals surface area contributed by atoms with E-state index in [9.17, 15) is 0 Å². The first-order valence-corrected chi connectivity index (χ1v) is 11.4. The SMILES string of the molecule is CN=C(NCCCc1nnc(SC)n1CC(C)C)NCCc1ncc(C)s1.I. The van der Waals surface area contributed by atoms with E-state index in [0.29, 0.717) is 5.92 Å². The van der Waals surface area contributed by atoms with E-state index in [1.807, 2.05) is 6.20 Å². The number of nitrogens with one attached hydrogen (secondary N) is 2. The Morgan fingerprint density at radius 1 is 1.25 bits per heavy atom. The number of aliphatic imine (C=N–C) groups is 1. The molecule has 2 heterocycles. The summed E-state index contributed by atoms with van der Waals surface area (Å²) >= 11 is 3.40. The van der Waals surface area contributed by atoms with Crippen molar-refractivity contribution < 1.29 is 0 Å². The average Bonchev–Trinajstić information content (AvgIpc) is 3.22. The highest BCUT2D eigenvalue weighted by atomic mass is 127. The van der Waals surface area contributed by atoms with Gasteiger partial charge in [0.25, 0.3) is 0 Å². The Hall–Kier alpha value is -0.880. The van der Waals surface area contributed by atoms with Crippen molar-refractivity contribution in [3.05, 3.63) is 21.9 Å². The van der Waals surface area contributed by atoms with Gasteiger partial charge in [-0.2, -0.15) is 0 Å². The third-order valence-corrected chi connectivity index (χ3v) is 5.56. The van der Waals surface area contributed by atoms with E-state index in [-0.39, 0.29) is 24.0 Å². The molecular formula is C18H32IN7S2. The quantitative estimate of drug-likeness (QED) is 0.159. The lowest BCUT2D eigenvalue weighted by Crippen LogP contribution is -2.38. The molecule has 0 radical (unpaired) electrons. The first-order valence-electron chi connectivity index (χ1n) is 9.35. The van der Waals surface area contributed by atoms with Gasteiger partial charge >= 0.3 is 0 Å². The van der Waals surface area contributed by atoms with Gasteiger partial charge in [0.2, 0.25) is 0 Å². The van der Waals surface area contributed by atoms with Crippen LogP contribution in [0.2, 0.25) is 0 Å². The van der Waals surface area contributed by atoms with Crippen molar-refractivity contribution in [3.63, 3.8) is 0 Å². The van der Waals surface area contributed by atoms with Crippen molar-refractivity contribution in [2.24, 2.45) is 10.9 Å². The minimum absolute atomic E-state index is 0. The lowest BCUT2D eigenvalue weighted by molar-refractivity contribution is 0.477. The fourth-order valence-electron chi connectivity index (χ4n) is 2.68. The van der Waals surface area contributed by atoms with Crippen LogP contribution in [-0.4, -0.2) is 52.1 Å². The Kier molecular flexibility index (Phi) is 12.0. The third-order valence-electron chi connectivity index (χ3n) is 3.92. The zero-order valence-corrected chi connectivity index (χ0v) is 21.3. The number of aromatic nitrogens is 4. The molecule has 7 nitrogen and oxygen atoms in total. The Balaban J connectivity index is 0.00000392. The maximum Gasteiger partial charge on any atom is 0.190 e. The minimum atomic E-state index is 0. The number of hydrogen-bond donors (Lipinski definition) is 2. The smallest absolute Gasteiger partial charge is 0.190 e. The summed E-state index contributed by atoms with van der Waals surface area (Å²) in [5.74, 6) is 2.47. The molecule has 0 fully saturated rings. The van der Waals surface area contributed by atoms with E-state index in [0.717, 1.165) is 60.8 Å². The molecule has 2 aromatic rings. The molecule has 0 saturated carbocycles. The summed E-state index contributed by atoms with van der Waals surface area (Å²) in [7, 11) is 1.80. The van der Waals surface area contributed by atoms with Gasteiger partial charge in [0.05, 0.1) is 5.01 Å². The molecule has 2 N–H and O–H groups in total. The molecule has 0 saturated heterocycles. The Labute approximate surface area is 193 Å². The van der Waals surface area contributed by atoms with Crippen LogP contribution < -0.4 is 10.6 Å². The summed E-state index contributed by atoms with van der Waals surface area (Å²) in [5, 5.41) is 17.6. The summed E-state index contributed by atoms with van der Waals surface area (Å²) in [4.78, 5) is 9.92. The van der Waals surface area contributed by atoms with Gasteiger partial charge in [0, 0.05) is 50.6 Å². The first-order chi connectivity index (χ1) is 13.0. The second-order valence-electron chi connectivity index (χ2n) is 6.75. The summed E-state index contributed by atoms with van der Waals surface area (Å²) in [6, 6.07) is 0. The van der Waals surface area contributed by atoms with E-state index in [4.69, 9.17) is 0 Å². The van der Waals surface area contributed by atoms with Crippen LogP contribution in [0.4, 0.5) is 0 Å². The van der Waals surface area contributed by atoms with Gasteiger partial charge in [-0.15, -0.1) is 45.5 Å². The van der Waals surface area contributed by atoms with Crippen LogP contribution in [0.5, 0.6) is 0 Å². The molecule has 0 aliphatic heterocycles. The Bertz CT molecular complexity index is 727. The zero-order chi connectivity index (χ0) is 19.6. The summed E-state index contributed by atoms with van der Waals surface area (Å²) in [6.07, 6.45) is 6.77. The lowest BCUT2D eigenvalue weighted by Gasteiger charge is -2.13. The van der Waals surface area contributed by atoms with Gasteiger partial charge in [-0.25, -0.2) is 4.98 Å². The van der Waals surface area contributed by atoms with E-state index < -0.39 is 0 Å². The normalized spacial score (nSPS) is 11.6. The number of thiazole rings is 1. The maximum absolute atomic E-state index is 4.39. The highest BCUT2D eigenvalue weighted by Crippen LogP contribution is 2.16. The molecule has 28 heavy (non-hydrogen) atoms. The Morgan fingerprint density at radius 3 is 2.61 bits per heavy atom. The molecule has 0 unspecified atom stereocenters. The van der Waals surface area contributed by atoms with E-state index in [1.165, 1.54) is 4.88 Å². The van der Waals surface area contributed by atoms with Crippen LogP contribution in [0.15, 0.2) is 16.3 Å². The molecule has 2 aromatic heterocycles. The van der Waals surface area contributed by atoms with E-state index >= 15 is 0 Å².